The highest BCUT2D eigenvalue weighted by Gasteiger charge is 2.31. The molecule has 1 aromatic heterocycles. The lowest BCUT2D eigenvalue weighted by atomic mass is 9.69. The number of ether oxygens (including phenoxy) is 1. The average molecular weight is 269 g/mol. The van der Waals surface area contributed by atoms with Gasteiger partial charge in [-0.2, -0.15) is 0 Å². The van der Waals surface area contributed by atoms with Gasteiger partial charge in [-0.05, 0) is 53.1 Å². The van der Waals surface area contributed by atoms with Crippen LogP contribution in [-0.2, 0) is 5.41 Å². The maximum atomic E-state index is 5.24. The van der Waals surface area contributed by atoms with Crippen LogP contribution >= 0.6 is 0 Å². The SMILES string of the molecule is CC[C@@H](c1ccc(OC)cc1)C(C)(C)c1ccncc1. The van der Waals surface area contributed by atoms with Crippen molar-refractivity contribution >= 4 is 0 Å². The van der Waals surface area contributed by atoms with Crippen molar-refractivity contribution in [2.75, 3.05) is 7.11 Å². The zero-order chi connectivity index (χ0) is 14.6. The van der Waals surface area contributed by atoms with Gasteiger partial charge >= 0.3 is 0 Å². The van der Waals surface area contributed by atoms with E-state index in [0.717, 1.165) is 12.2 Å². The molecular weight excluding hydrogens is 246 g/mol. The van der Waals surface area contributed by atoms with Crippen LogP contribution in [0.2, 0.25) is 0 Å². The Morgan fingerprint density at radius 2 is 1.65 bits per heavy atom. The second-order valence-electron chi connectivity index (χ2n) is 5.69. The molecule has 1 heterocycles. The Bertz CT molecular complexity index is 531. The van der Waals surface area contributed by atoms with Gasteiger partial charge in [-0.25, -0.2) is 0 Å². The lowest BCUT2D eigenvalue weighted by Crippen LogP contribution is -2.26. The minimum absolute atomic E-state index is 0.0757. The summed E-state index contributed by atoms with van der Waals surface area (Å²) in [6, 6.07) is 12.7. The zero-order valence-corrected chi connectivity index (χ0v) is 12.8. The van der Waals surface area contributed by atoms with Gasteiger partial charge in [0.1, 0.15) is 5.75 Å². The van der Waals surface area contributed by atoms with E-state index in [4.69, 9.17) is 4.74 Å². The van der Waals surface area contributed by atoms with Crippen molar-refractivity contribution in [3.8, 4) is 5.75 Å². The first-order chi connectivity index (χ1) is 9.59. The number of nitrogens with zero attached hydrogens (tertiary/aromatic N) is 1. The second-order valence-corrected chi connectivity index (χ2v) is 5.69. The van der Waals surface area contributed by atoms with Gasteiger partial charge in [0, 0.05) is 12.4 Å². The Morgan fingerprint density at radius 3 is 2.15 bits per heavy atom. The highest BCUT2D eigenvalue weighted by atomic mass is 16.5. The summed E-state index contributed by atoms with van der Waals surface area (Å²) in [4.78, 5) is 4.12. The summed E-state index contributed by atoms with van der Waals surface area (Å²) < 4.78 is 5.24. The lowest BCUT2D eigenvalue weighted by Gasteiger charge is -2.35. The molecule has 0 aliphatic rings. The molecule has 1 aromatic carbocycles. The zero-order valence-electron chi connectivity index (χ0n) is 12.8. The second kappa shape index (κ2) is 6.08. The topological polar surface area (TPSA) is 22.1 Å². The summed E-state index contributed by atoms with van der Waals surface area (Å²) in [7, 11) is 1.70. The average Bonchev–Trinajstić information content (AvgIpc) is 2.49. The molecule has 0 aliphatic heterocycles. The molecule has 0 aliphatic carbocycles. The van der Waals surface area contributed by atoms with Crippen molar-refractivity contribution in [3.63, 3.8) is 0 Å². The van der Waals surface area contributed by atoms with Crippen LogP contribution in [0.25, 0.3) is 0 Å². The van der Waals surface area contributed by atoms with Crippen LogP contribution in [0.3, 0.4) is 0 Å². The quantitative estimate of drug-likeness (QED) is 0.793. The van der Waals surface area contributed by atoms with E-state index in [1.54, 1.807) is 7.11 Å². The Balaban J connectivity index is 2.35. The van der Waals surface area contributed by atoms with Gasteiger partial charge in [0.25, 0.3) is 0 Å². The molecule has 0 N–H and O–H groups in total. The highest BCUT2D eigenvalue weighted by Crippen LogP contribution is 2.40. The molecule has 0 saturated heterocycles. The maximum Gasteiger partial charge on any atom is 0.118 e. The van der Waals surface area contributed by atoms with E-state index in [1.165, 1.54) is 11.1 Å². The number of methoxy groups -OCH3 is 1. The van der Waals surface area contributed by atoms with Crippen molar-refractivity contribution in [2.24, 2.45) is 0 Å². The number of aromatic nitrogens is 1. The summed E-state index contributed by atoms with van der Waals surface area (Å²) in [6.45, 7) is 6.86. The van der Waals surface area contributed by atoms with E-state index >= 15 is 0 Å². The molecule has 0 unspecified atom stereocenters. The molecule has 2 nitrogen and oxygen atoms in total. The molecule has 0 bridgehead atoms. The van der Waals surface area contributed by atoms with E-state index in [2.05, 4.69) is 50.0 Å². The molecular formula is C18H23NO. The number of benzene rings is 1. The molecule has 0 spiro atoms. The number of rotatable bonds is 5. The van der Waals surface area contributed by atoms with Crippen molar-refractivity contribution in [2.45, 2.75) is 38.5 Å². The summed E-state index contributed by atoms with van der Waals surface area (Å²) >= 11 is 0. The Labute approximate surface area is 121 Å². The van der Waals surface area contributed by atoms with Crippen LogP contribution in [0, 0.1) is 0 Å². The molecule has 1 atom stereocenters. The Kier molecular flexibility index (Phi) is 4.43. The van der Waals surface area contributed by atoms with Gasteiger partial charge < -0.3 is 4.74 Å². The Morgan fingerprint density at radius 1 is 1.05 bits per heavy atom. The van der Waals surface area contributed by atoms with E-state index in [0.29, 0.717) is 5.92 Å². The largest absolute Gasteiger partial charge is 0.497 e. The van der Waals surface area contributed by atoms with Gasteiger partial charge in [-0.3, -0.25) is 4.98 Å². The third kappa shape index (κ3) is 2.84. The fourth-order valence-electron chi connectivity index (χ4n) is 2.98. The van der Waals surface area contributed by atoms with Crippen molar-refractivity contribution in [1.82, 2.24) is 4.98 Å². The first kappa shape index (κ1) is 14.6. The third-order valence-electron chi connectivity index (χ3n) is 4.22. The van der Waals surface area contributed by atoms with E-state index in [-0.39, 0.29) is 5.41 Å². The van der Waals surface area contributed by atoms with Crippen molar-refractivity contribution < 1.29 is 4.74 Å². The van der Waals surface area contributed by atoms with Crippen molar-refractivity contribution in [3.05, 3.63) is 59.9 Å². The lowest BCUT2D eigenvalue weighted by molar-refractivity contribution is 0.397. The number of pyridine rings is 1. The molecule has 106 valence electrons. The van der Waals surface area contributed by atoms with Crippen LogP contribution in [-0.4, -0.2) is 12.1 Å². The molecule has 0 amide bonds. The summed E-state index contributed by atoms with van der Waals surface area (Å²) in [5.41, 5.74) is 2.76. The van der Waals surface area contributed by atoms with Crippen molar-refractivity contribution in [1.29, 1.82) is 0 Å². The number of hydrogen-bond donors (Lipinski definition) is 0. The predicted octanol–water partition coefficient (Wildman–Crippen LogP) is 4.56. The minimum atomic E-state index is 0.0757. The van der Waals surface area contributed by atoms with Crippen LogP contribution in [0.5, 0.6) is 5.75 Å². The van der Waals surface area contributed by atoms with Crippen LogP contribution in [0.15, 0.2) is 48.8 Å². The maximum absolute atomic E-state index is 5.24. The van der Waals surface area contributed by atoms with Gasteiger partial charge in [0.2, 0.25) is 0 Å². The van der Waals surface area contributed by atoms with E-state index in [9.17, 15) is 0 Å². The molecule has 2 rings (SSSR count). The fourth-order valence-corrected chi connectivity index (χ4v) is 2.98. The monoisotopic (exact) mass is 269 g/mol. The summed E-state index contributed by atoms with van der Waals surface area (Å²) in [5.74, 6) is 1.38. The molecule has 0 radical (unpaired) electrons. The van der Waals surface area contributed by atoms with Gasteiger partial charge in [0.15, 0.2) is 0 Å². The predicted molar refractivity (Wildman–Crippen MR) is 83.3 cm³/mol. The van der Waals surface area contributed by atoms with Crippen LogP contribution in [0.1, 0.15) is 44.2 Å². The first-order valence-electron chi connectivity index (χ1n) is 7.14. The smallest absolute Gasteiger partial charge is 0.118 e. The summed E-state index contributed by atoms with van der Waals surface area (Å²) in [6.07, 6.45) is 4.84. The summed E-state index contributed by atoms with van der Waals surface area (Å²) in [5, 5.41) is 0. The highest BCUT2D eigenvalue weighted by molar-refractivity contribution is 5.34. The molecule has 2 heteroatoms. The third-order valence-corrected chi connectivity index (χ3v) is 4.22. The molecule has 20 heavy (non-hydrogen) atoms. The number of hydrogen-bond acceptors (Lipinski definition) is 2. The molecule has 0 saturated carbocycles. The van der Waals surface area contributed by atoms with Gasteiger partial charge in [-0.1, -0.05) is 32.9 Å². The molecule has 0 fully saturated rings. The minimum Gasteiger partial charge on any atom is -0.497 e. The standard InChI is InChI=1S/C18H23NO/c1-5-17(14-6-8-16(20-4)9-7-14)18(2,3)15-10-12-19-13-11-15/h6-13,17H,5H2,1-4H3/t17-/m0/s1. The fraction of sp³-hybridized carbons (Fsp3) is 0.389. The first-order valence-corrected chi connectivity index (χ1v) is 7.14. The van der Waals surface area contributed by atoms with Gasteiger partial charge in [0.05, 0.1) is 7.11 Å². The Hall–Kier alpha value is -1.83. The normalized spacial score (nSPS) is 13.0. The van der Waals surface area contributed by atoms with E-state index in [1.807, 2.05) is 24.5 Å². The van der Waals surface area contributed by atoms with Gasteiger partial charge in [-0.15, -0.1) is 0 Å². The molecule has 2 aromatic rings. The van der Waals surface area contributed by atoms with Crippen LogP contribution in [0.4, 0.5) is 0 Å². The van der Waals surface area contributed by atoms with E-state index < -0.39 is 0 Å². The van der Waals surface area contributed by atoms with Crippen LogP contribution < -0.4 is 4.74 Å².